The molecule has 1 aliphatic heterocycles. The Morgan fingerprint density at radius 1 is 0.938 bits per heavy atom. The number of halogens is 1. The first-order chi connectivity index (χ1) is 15.4. The van der Waals surface area contributed by atoms with E-state index >= 15 is 0 Å². The van der Waals surface area contributed by atoms with Crippen LogP contribution in [0.3, 0.4) is 0 Å². The highest BCUT2D eigenvalue weighted by molar-refractivity contribution is 7.90. The van der Waals surface area contributed by atoms with Gasteiger partial charge in [-0.25, -0.2) is 12.8 Å². The number of fused-ring (bicyclic) bond motifs is 2. The van der Waals surface area contributed by atoms with Crippen LogP contribution in [-0.2, 0) is 33.4 Å². The van der Waals surface area contributed by atoms with Crippen molar-refractivity contribution in [3.63, 3.8) is 0 Å². The molecule has 7 heteroatoms. The number of hydrogen-bond acceptors (Lipinski definition) is 3. The predicted molar refractivity (Wildman–Crippen MR) is 122 cm³/mol. The van der Waals surface area contributed by atoms with E-state index in [0.717, 1.165) is 17.7 Å². The Morgan fingerprint density at radius 2 is 1.66 bits per heavy atom. The van der Waals surface area contributed by atoms with E-state index in [-0.39, 0.29) is 22.9 Å². The highest BCUT2D eigenvalue weighted by Gasteiger charge is 2.27. The van der Waals surface area contributed by atoms with Gasteiger partial charge in [-0.3, -0.25) is 4.79 Å². The first-order valence-corrected chi connectivity index (χ1v) is 12.0. The Labute approximate surface area is 185 Å². The molecule has 0 bridgehead atoms. The van der Waals surface area contributed by atoms with Gasteiger partial charge in [-0.2, -0.15) is 0 Å². The average molecular weight is 449 g/mol. The summed E-state index contributed by atoms with van der Waals surface area (Å²) in [4.78, 5) is 15.0. The zero-order valence-electron chi connectivity index (χ0n) is 17.2. The molecular formula is C25H21FN2O3S. The van der Waals surface area contributed by atoms with E-state index in [0.29, 0.717) is 17.4 Å². The van der Waals surface area contributed by atoms with Gasteiger partial charge in [-0.1, -0.05) is 54.6 Å². The van der Waals surface area contributed by atoms with E-state index in [1.54, 1.807) is 33.7 Å². The van der Waals surface area contributed by atoms with E-state index in [2.05, 4.69) is 0 Å². The van der Waals surface area contributed by atoms with Crippen LogP contribution < -0.4 is 4.90 Å². The molecule has 0 aliphatic carbocycles. The zero-order chi connectivity index (χ0) is 22.3. The van der Waals surface area contributed by atoms with Gasteiger partial charge >= 0.3 is 0 Å². The number of sulfone groups is 1. The van der Waals surface area contributed by atoms with Crippen molar-refractivity contribution in [3.05, 3.63) is 95.9 Å². The average Bonchev–Trinajstić information content (AvgIpc) is 3.38. The molecule has 0 saturated carbocycles. The van der Waals surface area contributed by atoms with Crippen molar-refractivity contribution in [3.8, 4) is 0 Å². The normalized spacial score (nSPS) is 13.5. The maximum absolute atomic E-state index is 14.1. The summed E-state index contributed by atoms with van der Waals surface area (Å²) in [5, 5.41) is 0.526. The van der Waals surface area contributed by atoms with Gasteiger partial charge in [0.05, 0.1) is 10.6 Å². The van der Waals surface area contributed by atoms with Crippen molar-refractivity contribution in [1.29, 1.82) is 0 Å². The Hall–Kier alpha value is -3.45. The second-order valence-electron chi connectivity index (χ2n) is 7.91. The first kappa shape index (κ1) is 20.5. The smallest absolute Gasteiger partial charge is 0.246 e. The molecule has 1 aromatic heterocycles. The number of nitrogens with zero attached hydrogens (tertiary/aromatic N) is 2. The van der Waals surface area contributed by atoms with E-state index in [9.17, 15) is 17.6 Å². The molecule has 1 amide bonds. The fraction of sp³-hybridized carbons (Fsp3) is 0.160. The van der Waals surface area contributed by atoms with Gasteiger partial charge in [-0.05, 0) is 30.2 Å². The monoisotopic (exact) mass is 448 g/mol. The van der Waals surface area contributed by atoms with E-state index in [4.69, 9.17) is 0 Å². The van der Waals surface area contributed by atoms with Gasteiger partial charge in [-0.15, -0.1) is 0 Å². The number of rotatable bonds is 5. The van der Waals surface area contributed by atoms with Crippen molar-refractivity contribution >= 4 is 32.3 Å². The number of amides is 1. The van der Waals surface area contributed by atoms with Crippen LogP contribution in [0.25, 0.3) is 10.9 Å². The topological polar surface area (TPSA) is 59.4 Å². The molecule has 0 atom stereocenters. The Morgan fingerprint density at radius 3 is 2.50 bits per heavy atom. The minimum atomic E-state index is -3.83. The fourth-order valence-corrected chi connectivity index (χ4v) is 5.91. The lowest BCUT2D eigenvalue weighted by Gasteiger charge is -2.18. The molecule has 0 radical (unpaired) electrons. The number of benzene rings is 3. The molecule has 32 heavy (non-hydrogen) atoms. The lowest BCUT2D eigenvalue weighted by molar-refractivity contribution is -0.119. The lowest BCUT2D eigenvalue weighted by atomic mass is 10.2. The van der Waals surface area contributed by atoms with Crippen LogP contribution in [0.4, 0.5) is 10.1 Å². The Balaban J connectivity index is 1.50. The van der Waals surface area contributed by atoms with E-state index in [1.165, 1.54) is 24.4 Å². The number of hydrogen-bond donors (Lipinski definition) is 0. The molecule has 1 aliphatic rings. The van der Waals surface area contributed by atoms with Gasteiger partial charge in [0.1, 0.15) is 12.4 Å². The molecule has 0 N–H and O–H groups in total. The summed E-state index contributed by atoms with van der Waals surface area (Å²) < 4.78 is 42.2. The Kier molecular flexibility index (Phi) is 5.06. The van der Waals surface area contributed by atoms with E-state index < -0.39 is 21.4 Å². The number of para-hydroxylation sites is 2. The fourth-order valence-electron chi connectivity index (χ4n) is 4.32. The van der Waals surface area contributed by atoms with Crippen molar-refractivity contribution < 1.29 is 17.6 Å². The van der Waals surface area contributed by atoms with Gasteiger partial charge in [0.2, 0.25) is 5.91 Å². The van der Waals surface area contributed by atoms with Crippen LogP contribution in [-0.4, -0.2) is 25.4 Å². The highest BCUT2D eigenvalue weighted by Crippen LogP contribution is 2.31. The zero-order valence-corrected chi connectivity index (χ0v) is 18.1. The molecule has 0 fully saturated rings. The summed E-state index contributed by atoms with van der Waals surface area (Å²) in [6, 6.07) is 20.7. The van der Waals surface area contributed by atoms with Gasteiger partial charge in [0.15, 0.2) is 9.84 Å². The van der Waals surface area contributed by atoms with Crippen LogP contribution in [0.1, 0.15) is 11.1 Å². The second kappa shape index (κ2) is 7.91. The molecule has 5 nitrogen and oxygen atoms in total. The minimum Gasteiger partial charge on any atom is -0.337 e. The summed E-state index contributed by atoms with van der Waals surface area (Å²) in [5.41, 5.74) is 2.81. The molecule has 3 aromatic carbocycles. The first-order valence-electron chi connectivity index (χ1n) is 10.4. The van der Waals surface area contributed by atoms with Crippen LogP contribution in [0.15, 0.2) is 83.9 Å². The Bertz CT molecular complexity index is 1440. The maximum Gasteiger partial charge on any atom is 0.246 e. The molecule has 0 unspecified atom stereocenters. The number of carbonyl (C=O) groups is 1. The van der Waals surface area contributed by atoms with Crippen molar-refractivity contribution in [2.75, 3.05) is 11.4 Å². The molecule has 162 valence electrons. The molecule has 0 spiro atoms. The van der Waals surface area contributed by atoms with Crippen molar-refractivity contribution in [2.45, 2.75) is 23.6 Å². The molecule has 4 aromatic rings. The van der Waals surface area contributed by atoms with Gasteiger partial charge < -0.3 is 9.47 Å². The van der Waals surface area contributed by atoms with Crippen LogP contribution >= 0.6 is 0 Å². The second-order valence-corrected chi connectivity index (χ2v) is 9.87. The predicted octanol–water partition coefficient (Wildman–Crippen LogP) is 4.34. The van der Waals surface area contributed by atoms with Gasteiger partial charge in [0.25, 0.3) is 0 Å². The van der Waals surface area contributed by atoms with Crippen LogP contribution in [0, 0.1) is 5.82 Å². The summed E-state index contributed by atoms with van der Waals surface area (Å²) in [6.45, 7) is 0.625. The minimum absolute atomic E-state index is 0.0179. The maximum atomic E-state index is 14.1. The van der Waals surface area contributed by atoms with Crippen LogP contribution in [0.2, 0.25) is 0 Å². The molecule has 2 heterocycles. The number of aromatic nitrogens is 1. The quantitative estimate of drug-likeness (QED) is 0.456. The summed E-state index contributed by atoms with van der Waals surface area (Å²) in [6.07, 6.45) is 2.30. The van der Waals surface area contributed by atoms with Crippen molar-refractivity contribution in [2.24, 2.45) is 0 Å². The summed E-state index contributed by atoms with van der Waals surface area (Å²) >= 11 is 0. The lowest BCUT2D eigenvalue weighted by Crippen LogP contribution is -2.32. The molecule has 5 rings (SSSR count). The standard InChI is InChI=1S/C25H21FN2O3S/c26-21-10-4-1-8-19(21)17-32(30,31)24-15-27(23-12-6-3-9-20(23)24)16-25(29)28-14-13-18-7-2-5-11-22(18)28/h1-12,15H,13-14,16-17H2. The third-order valence-electron chi connectivity index (χ3n) is 5.88. The SMILES string of the molecule is O=C(Cn1cc(S(=O)(=O)Cc2ccccc2F)c2ccccc21)N1CCc2ccccc21. The summed E-state index contributed by atoms with van der Waals surface area (Å²) in [5.74, 6) is -1.10. The highest BCUT2D eigenvalue weighted by atomic mass is 32.2. The van der Waals surface area contributed by atoms with Crippen molar-refractivity contribution in [1.82, 2.24) is 4.57 Å². The van der Waals surface area contributed by atoms with E-state index in [1.807, 2.05) is 30.3 Å². The summed E-state index contributed by atoms with van der Waals surface area (Å²) in [7, 11) is -3.83. The number of anilines is 1. The third-order valence-corrected chi connectivity index (χ3v) is 7.57. The largest absolute Gasteiger partial charge is 0.337 e. The van der Waals surface area contributed by atoms with Gasteiger partial charge in [0, 0.05) is 34.9 Å². The molecular weight excluding hydrogens is 427 g/mol. The number of carbonyl (C=O) groups excluding carboxylic acids is 1. The van der Waals surface area contributed by atoms with Crippen LogP contribution in [0.5, 0.6) is 0 Å². The third kappa shape index (κ3) is 3.58. The molecule has 0 saturated heterocycles.